The molecule has 0 spiro atoms. The van der Waals surface area contributed by atoms with Gasteiger partial charge in [0.05, 0.1) is 6.10 Å². The number of nitrogens with two attached hydrogens (primary N) is 1. The van der Waals surface area contributed by atoms with Gasteiger partial charge in [-0.3, -0.25) is 0 Å². The molecule has 0 saturated carbocycles. The monoisotopic (exact) mass is 454 g/mol. The smallest absolute Gasteiger partial charge is 0.407 e. The van der Waals surface area contributed by atoms with E-state index in [1.165, 1.54) is 0 Å². The van der Waals surface area contributed by atoms with Crippen molar-refractivity contribution in [2.24, 2.45) is 0 Å². The van der Waals surface area contributed by atoms with Crippen molar-refractivity contribution in [3.8, 4) is 11.1 Å². The molecule has 0 aromatic heterocycles. The van der Waals surface area contributed by atoms with Gasteiger partial charge in [0.25, 0.3) is 0 Å². The van der Waals surface area contributed by atoms with Crippen molar-refractivity contribution in [3.05, 3.63) is 89.0 Å². The van der Waals surface area contributed by atoms with Crippen LogP contribution in [0.5, 0.6) is 0 Å². The van der Waals surface area contributed by atoms with Gasteiger partial charge in [-0.2, -0.15) is 0 Å². The molecule has 2 atom stereocenters. The van der Waals surface area contributed by atoms with Gasteiger partial charge in [0, 0.05) is 23.7 Å². The topological polar surface area (TPSA) is 105 Å². The fourth-order valence-electron chi connectivity index (χ4n) is 4.20. The molecule has 0 bridgehead atoms. The molecule has 172 valence electrons. The number of ether oxygens (including phenoxy) is 1. The maximum Gasteiger partial charge on any atom is 0.407 e. The number of benzene rings is 3. The number of hydrogen-bond acceptors (Lipinski definition) is 5. The van der Waals surface area contributed by atoms with E-state index in [2.05, 4.69) is 5.32 Å². The minimum atomic E-state index is -1.75. The summed E-state index contributed by atoms with van der Waals surface area (Å²) in [4.78, 5) is 12.2. The van der Waals surface area contributed by atoms with Crippen molar-refractivity contribution in [2.45, 2.75) is 24.5 Å². The highest BCUT2D eigenvalue weighted by Gasteiger charge is 2.29. The number of amides is 1. The molecule has 5 N–H and O–H groups in total. The third-order valence-electron chi connectivity index (χ3n) is 5.88. The molecule has 8 heteroatoms. The predicted octanol–water partition coefficient (Wildman–Crippen LogP) is 3.87. The lowest BCUT2D eigenvalue weighted by Gasteiger charge is -2.20. The van der Waals surface area contributed by atoms with Crippen molar-refractivity contribution < 1.29 is 28.5 Å². The molecule has 2 unspecified atom stereocenters. The van der Waals surface area contributed by atoms with Crippen LogP contribution in [-0.4, -0.2) is 35.6 Å². The summed E-state index contributed by atoms with van der Waals surface area (Å²) in [6, 6.07) is 17.9. The molecular weight excluding hydrogens is 430 g/mol. The molecule has 1 aliphatic rings. The normalized spacial score (nSPS) is 14.3. The fourth-order valence-corrected chi connectivity index (χ4v) is 4.20. The maximum atomic E-state index is 14.0. The Morgan fingerprint density at radius 2 is 1.61 bits per heavy atom. The number of carbonyl (C=O) groups excluding carboxylic acids is 1. The second-order valence-corrected chi connectivity index (χ2v) is 7.92. The first kappa shape index (κ1) is 22.7. The molecule has 3 aromatic rings. The van der Waals surface area contributed by atoms with Gasteiger partial charge in [-0.15, -0.1) is 0 Å². The fraction of sp³-hybridized carbons (Fsp3) is 0.240. The number of alkyl carbamates (subject to hydrolysis) is 1. The van der Waals surface area contributed by atoms with E-state index >= 15 is 0 Å². The van der Waals surface area contributed by atoms with Crippen LogP contribution in [0, 0.1) is 11.6 Å². The van der Waals surface area contributed by atoms with E-state index in [1.54, 1.807) is 0 Å². The van der Waals surface area contributed by atoms with Gasteiger partial charge in [-0.05, 0) is 40.8 Å². The average Bonchev–Trinajstić information content (AvgIpc) is 3.14. The first-order chi connectivity index (χ1) is 15.9. The number of nitrogen functional groups attached to an aromatic ring is 1. The molecule has 0 heterocycles. The standard InChI is InChI=1S/C25H24F2N2O4/c26-19-9-10-20(28)22(23(19)27)24(31)21(30)11-12-29-25(32)33-13-18-16-7-3-1-5-14(16)15-6-2-4-8-17(15)18/h1-10,18,21,24,30-31H,11-13,28H2,(H,29,32). The van der Waals surface area contributed by atoms with E-state index < -0.39 is 35.5 Å². The molecule has 3 aromatic carbocycles. The van der Waals surface area contributed by atoms with Crippen LogP contribution in [0.2, 0.25) is 0 Å². The SMILES string of the molecule is Nc1ccc(F)c(F)c1C(O)C(O)CCNC(=O)OCC1c2ccccc2-c2ccccc21. The van der Waals surface area contributed by atoms with Crippen LogP contribution in [0.4, 0.5) is 19.3 Å². The van der Waals surface area contributed by atoms with Crippen LogP contribution in [0.1, 0.15) is 35.1 Å². The maximum absolute atomic E-state index is 14.0. The van der Waals surface area contributed by atoms with E-state index in [0.717, 1.165) is 34.4 Å². The largest absolute Gasteiger partial charge is 0.449 e. The summed E-state index contributed by atoms with van der Waals surface area (Å²) in [5, 5.41) is 22.9. The number of aliphatic hydroxyl groups excluding tert-OH is 2. The van der Waals surface area contributed by atoms with Crippen molar-refractivity contribution in [1.82, 2.24) is 5.32 Å². The van der Waals surface area contributed by atoms with Gasteiger partial charge in [0.1, 0.15) is 12.7 Å². The van der Waals surface area contributed by atoms with Gasteiger partial charge in [0.15, 0.2) is 11.6 Å². The van der Waals surface area contributed by atoms with Gasteiger partial charge >= 0.3 is 6.09 Å². The van der Waals surface area contributed by atoms with Gasteiger partial charge in [0.2, 0.25) is 0 Å². The summed E-state index contributed by atoms with van der Waals surface area (Å²) in [5.74, 6) is -2.58. The highest BCUT2D eigenvalue weighted by Crippen LogP contribution is 2.44. The van der Waals surface area contributed by atoms with Crippen molar-refractivity contribution in [2.75, 3.05) is 18.9 Å². The number of halogens is 2. The van der Waals surface area contributed by atoms with E-state index in [4.69, 9.17) is 10.5 Å². The molecule has 1 aliphatic carbocycles. The highest BCUT2D eigenvalue weighted by molar-refractivity contribution is 5.79. The molecule has 0 saturated heterocycles. The van der Waals surface area contributed by atoms with Crippen LogP contribution in [0.3, 0.4) is 0 Å². The van der Waals surface area contributed by atoms with Crippen LogP contribution in [-0.2, 0) is 4.74 Å². The Morgan fingerprint density at radius 1 is 1.00 bits per heavy atom. The first-order valence-electron chi connectivity index (χ1n) is 10.6. The molecule has 0 fully saturated rings. The third-order valence-corrected chi connectivity index (χ3v) is 5.88. The lowest BCUT2D eigenvalue weighted by Crippen LogP contribution is -2.31. The Morgan fingerprint density at radius 3 is 2.24 bits per heavy atom. The van der Waals surface area contributed by atoms with E-state index in [-0.39, 0.29) is 31.2 Å². The van der Waals surface area contributed by atoms with Gasteiger partial charge in [-0.1, -0.05) is 48.5 Å². The zero-order valence-electron chi connectivity index (χ0n) is 17.7. The Bertz CT molecular complexity index is 1130. The number of anilines is 1. The molecule has 1 amide bonds. The summed E-state index contributed by atoms with van der Waals surface area (Å²) in [7, 11) is 0. The van der Waals surface area contributed by atoms with Gasteiger partial charge < -0.3 is 26.0 Å². The lowest BCUT2D eigenvalue weighted by molar-refractivity contribution is 0.0117. The summed E-state index contributed by atoms with van der Waals surface area (Å²) in [6.07, 6.45) is -4.03. The number of nitrogens with one attached hydrogen (secondary N) is 1. The number of aliphatic hydroxyl groups is 2. The van der Waals surface area contributed by atoms with Crippen LogP contribution >= 0.6 is 0 Å². The molecule has 4 rings (SSSR count). The quantitative estimate of drug-likeness (QED) is 0.406. The minimum absolute atomic E-state index is 0.0499. The van der Waals surface area contributed by atoms with Crippen molar-refractivity contribution in [1.29, 1.82) is 0 Å². The second-order valence-electron chi connectivity index (χ2n) is 7.92. The lowest BCUT2D eigenvalue weighted by atomic mass is 9.98. The number of carbonyl (C=O) groups is 1. The Balaban J connectivity index is 1.31. The molecule has 0 radical (unpaired) electrons. The van der Waals surface area contributed by atoms with E-state index in [0.29, 0.717) is 0 Å². The number of hydrogen-bond donors (Lipinski definition) is 4. The molecule has 33 heavy (non-hydrogen) atoms. The Kier molecular flexibility index (Phi) is 6.57. The Hall–Kier alpha value is -3.49. The van der Waals surface area contributed by atoms with Crippen LogP contribution < -0.4 is 11.1 Å². The number of fused-ring (bicyclic) bond motifs is 3. The minimum Gasteiger partial charge on any atom is -0.449 e. The molecule has 0 aliphatic heterocycles. The van der Waals surface area contributed by atoms with Crippen LogP contribution in [0.15, 0.2) is 60.7 Å². The third kappa shape index (κ3) is 4.53. The van der Waals surface area contributed by atoms with Crippen LogP contribution in [0.25, 0.3) is 11.1 Å². The average molecular weight is 454 g/mol. The second kappa shape index (κ2) is 9.56. The Labute approximate surface area is 189 Å². The van der Waals surface area contributed by atoms with Crippen molar-refractivity contribution in [3.63, 3.8) is 0 Å². The molecule has 6 nitrogen and oxygen atoms in total. The summed E-state index contributed by atoms with van der Waals surface area (Å²) >= 11 is 0. The summed E-state index contributed by atoms with van der Waals surface area (Å²) < 4.78 is 32.8. The summed E-state index contributed by atoms with van der Waals surface area (Å²) in [5.41, 5.74) is 9.31. The zero-order chi connectivity index (χ0) is 23.5. The van der Waals surface area contributed by atoms with E-state index in [9.17, 15) is 23.8 Å². The highest BCUT2D eigenvalue weighted by atomic mass is 19.2. The zero-order valence-corrected chi connectivity index (χ0v) is 17.7. The summed E-state index contributed by atoms with van der Waals surface area (Å²) in [6.45, 7) is 0.0851. The van der Waals surface area contributed by atoms with E-state index in [1.807, 2.05) is 48.5 Å². The predicted molar refractivity (Wildman–Crippen MR) is 119 cm³/mol. The number of rotatable bonds is 7. The van der Waals surface area contributed by atoms with Crippen molar-refractivity contribution >= 4 is 11.8 Å². The van der Waals surface area contributed by atoms with Gasteiger partial charge in [-0.25, -0.2) is 13.6 Å². The molecular formula is C25H24F2N2O4. The first-order valence-corrected chi connectivity index (χ1v) is 10.6.